The molecule has 3 unspecified atom stereocenters. The lowest BCUT2D eigenvalue weighted by Gasteiger charge is -2.29. The number of thiazole rings is 1. The molecule has 2 nitrogen and oxygen atoms in total. The van der Waals surface area contributed by atoms with E-state index in [0.29, 0.717) is 10.5 Å². The molecule has 0 aromatic carbocycles. The van der Waals surface area contributed by atoms with Gasteiger partial charge in [-0.1, -0.05) is 13.8 Å². The normalized spacial score (nSPS) is 31.5. The first-order valence-corrected chi connectivity index (χ1v) is 7.69. The summed E-state index contributed by atoms with van der Waals surface area (Å²) in [5.74, 6) is 1.11. The molecular formula is C10H13NOS3. The van der Waals surface area contributed by atoms with Crippen molar-refractivity contribution in [3.63, 3.8) is 0 Å². The number of thioether (sulfide) groups is 2. The Morgan fingerprint density at radius 3 is 2.87 bits per heavy atom. The summed E-state index contributed by atoms with van der Waals surface area (Å²) in [6.07, 6.45) is 2.56. The van der Waals surface area contributed by atoms with E-state index < -0.39 is 0 Å². The molecule has 1 fully saturated rings. The average molecular weight is 259 g/mol. The molecule has 0 bridgehead atoms. The van der Waals surface area contributed by atoms with Crippen molar-refractivity contribution in [2.45, 2.75) is 29.6 Å². The molecule has 2 rings (SSSR count). The number of nitrogens with zero attached hydrogens (tertiary/aromatic N) is 1. The molecule has 0 aliphatic carbocycles. The summed E-state index contributed by atoms with van der Waals surface area (Å²) in [4.78, 5) is 15.6. The molecule has 0 N–H and O–H groups in total. The van der Waals surface area contributed by atoms with Crippen molar-refractivity contribution in [1.82, 2.24) is 4.98 Å². The number of carbonyl (C=O) groups is 1. The summed E-state index contributed by atoms with van der Waals surface area (Å²) >= 11 is 5.52. The zero-order valence-corrected chi connectivity index (χ0v) is 11.1. The Morgan fingerprint density at radius 2 is 2.27 bits per heavy atom. The molecule has 0 spiro atoms. The number of hydrogen-bond acceptors (Lipinski definition) is 5. The molecule has 15 heavy (non-hydrogen) atoms. The first-order chi connectivity index (χ1) is 7.20. The fourth-order valence-electron chi connectivity index (χ4n) is 1.42. The number of rotatable bonds is 2. The Hall–Kier alpha value is -0.000000000000000111. The van der Waals surface area contributed by atoms with Gasteiger partial charge in [-0.2, -0.15) is 11.8 Å². The molecule has 1 aliphatic rings. The van der Waals surface area contributed by atoms with Crippen molar-refractivity contribution >= 4 is 41.1 Å². The molecule has 1 aromatic heterocycles. The third-order valence-corrected chi connectivity index (χ3v) is 7.07. The molecular weight excluding hydrogens is 246 g/mol. The van der Waals surface area contributed by atoms with Gasteiger partial charge in [-0.25, -0.2) is 4.98 Å². The predicted octanol–water partition coefficient (Wildman–Crippen LogP) is 3.25. The topological polar surface area (TPSA) is 30.0 Å². The van der Waals surface area contributed by atoms with Crippen LogP contribution in [0, 0.1) is 0 Å². The van der Waals surface area contributed by atoms with Crippen LogP contribution in [-0.2, 0) is 0 Å². The maximum absolute atomic E-state index is 10.6. The molecule has 5 heteroatoms. The minimum atomic E-state index is 0.472. The second-order valence-corrected chi connectivity index (χ2v) is 7.68. The Balaban J connectivity index is 2.08. The second-order valence-electron chi connectivity index (χ2n) is 3.59. The van der Waals surface area contributed by atoms with E-state index in [2.05, 4.69) is 18.8 Å². The van der Waals surface area contributed by atoms with Gasteiger partial charge in [-0.05, 0) is 0 Å². The first kappa shape index (κ1) is 11.5. The van der Waals surface area contributed by atoms with Crippen LogP contribution in [-0.4, -0.2) is 27.5 Å². The number of aldehydes is 1. The van der Waals surface area contributed by atoms with Crippen LogP contribution in [0.15, 0.2) is 6.20 Å². The maximum atomic E-state index is 10.6. The van der Waals surface area contributed by atoms with E-state index in [1.807, 2.05) is 23.5 Å². The van der Waals surface area contributed by atoms with Gasteiger partial charge in [0.25, 0.3) is 0 Å². The van der Waals surface area contributed by atoms with Gasteiger partial charge in [0.15, 0.2) is 6.29 Å². The Bertz CT molecular complexity index is 352. The first-order valence-electron chi connectivity index (χ1n) is 4.88. The van der Waals surface area contributed by atoms with Crippen LogP contribution in [0.25, 0.3) is 0 Å². The van der Waals surface area contributed by atoms with Gasteiger partial charge in [0, 0.05) is 22.4 Å². The molecule has 82 valence electrons. The fourth-order valence-corrected chi connectivity index (χ4v) is 5.35. The van der Waals surface area contributed by atoms with Gasteiger partial charge in [0.1, 0.15) is 5.01 Å². The van der Waals surface area contributed by atoms with Crippen molar-refractivity contribution in [3.8, 4) is 0 Å². The Morgan fingerprint density at radius 1 is 1.47 bits per heavy atom. The quantitative estimate of drug-likeness (QED) is 0.763. The van der Waals surface area contributed by atoms with Gasteiger partial charge in [-0.15, -0.1) is 23.1 Å². The lowest BCUT2D eigenvalue weighted by molar-refractivity contribution is 0.112. The highest BCUT2D eigenvalue weighted by Gasteiger charge is 2.28. The summed E-state index contributed by atoms with van der Waals surface area (Å²) in [6, 6.07) is 0. The number of hydrogen-bond donors (Lipinski definition) is 0. The number of carbonyl (C=O) groups excluding carboxylic acids is 1. The third-order valence-electron chi connectivity index (χ3n) is 2.48. The molecule has 1 saturated heterocycles. The third kappa shape index (κ3) is 2.57. The Kier molecular flexibility index (Phi) is 3.74. The van der Waals surface area contributed by atoms with Gasteiger partial charge in [0.2, 0.25) is 0 Å². The summed E-state index contributed by atoms with van der Waals surface area (Å²) < 4.78 is 0. The lowest BCUT2D eigenvalue weighted by atomic mass is 10.4. The SMILES string of the molecule is CC1SCC(c2ncc(C=O)s2)SC1C. The van der Waals surface area contributed by atoms with E-state index in [1.54, 1.807) is 6.20 Å². The van der Waals surface area contributed by atoms with Crippen molar-refractivity contribution in [2.24, 2.45) is 0 Å². The van der Waals surface area contributed by atoms with Crippen LogP contribution in [0.5, 0.6) is 0 Å². The molecule has 1 aromatic rings. The lowest BCUT2D eigenvalue weighted by Crippen LogP contribution is -2.21. The predicted molar refractivity (Wildman–Crippen MR) is 69.2 cm³/mol. The minimum absolute atomic E-state index is 0.472. The van der Waals surface area contributed by atoms with Crippen LogP contribution in [0.1, 0.15) is 33.8 Å². The summed E-state index contributed by atoms with van der Waals surface area (Å²) in [6.45, 7) is 4.54. The van der Waals surface area contributed by atoms with Gasteiger partial charge in [-0.3, -0.25) is 4.79 Å². The smallest absolute Gasteiger partial charge is 0.161 e. The van der Waals surface area contributed by atoms with E-state index in [1.165, 1.54) is 11.3 Å². The highest BCUT2D eigenvalue weighted by molar-refractivity contribution is 8.07. The van der Waals surface area contributed by atoms with Crippen LogP contribution < -0.4 is 0 Å². The maximum Gasteiger partial charge on any atom is 0.161 e. The summed E-state index contributed by atoms with van der Waals surface area (Å²) in [5, 5.41) is 2.96. The fraction of sp³-hybridized carbons (Fsp3) is 0.600. The highest BCUT2D eigenvalue weighted by Crippen LogP contribution is 2.44. The minimum Gasteiger partial charge on any atom is -0.297 e. The van der Waals surface area contributed by atoms with Crippen molar-refractivity contribution in [1.29, 1.82) is 0 Å². The van der Waals surface area contributed by atoms with Gasteiger partial charge >= 0.3 is 0 Å². The van der Waals surface area contributed by atoms with E-state index in [9.17, 15) is 4.79 Å². The molecule has 2 heterocycles. The van der Waals surface area contributed by atoms with Crippen LogP contribution in [0.4, 0.5) is 0 Å². The summed E-state index contributed by atoms with van der Waals surface area (Å²) in [7, 11) is 0. The second kappa shape index (κ2) is 4.89. The van der Waals surface area contributed by atoms with Gasteiger partial charge < -0.3 is 0 Å². The van der Waals surface area contributed by atoms with E-state index in [-0.39, 0.29) is 0 Å². The van der Waals surface area contributed by atoms with Crippen molar-refractivity contribution in [2.75, 3.05) is 5.75 Å². The van der Waals surface area contributed by atoms with Crippen molar-refractivity contribution < 1.29 is 4.79 Å². The number of aromatic nitrogens is 1. The largest absolute Gasteiger partial charge is 0.297 e. The molecule has 1 aliphatic heterocycles. The van der Waals surface area contributed by atoms with Crippen LogP contribution in [0.2, 0.25) is 0 Å². The van der Waals surface area contributed by atoms with Crippen LogP contribution >= 0.6 is 34.9 Å². The van der Waals surface area contributed by atoms with Crippen molar-refractivity contribution in [3.05, 3.63) is 16.1 Å². The Labute approximate surface area is 102 Å². The van der Waals surface area contributed by atoms with Gasteiger partial charge in [0.05, 0.1) is 10.1 Å². The summed E-state index contributed by atoms with van der Waals surface area (Å²) in [5.41, 5.74) is 0. The van der Waals surface area contributed by atoms with E-state index in [0.717, 1.165) is 27.2 Å². The van der Waals surface area contributed by atoms with E-state index in [4.69, 9.17) is 0 Å². The zero-order valence-electron chi connectivity index (χ0n) is 8.67. The monoisotopic (exact) mass is 259 g/mol. The van der Waals surface area contributed by atoms with E-state index >= 15 is 0 Å². The average Bonchev–Trinajstić information content (AvgIpc) is 2.70. The van der Waals surface area contributed by atoms with Crippen LogP contribution in [0.3, 0.4) is 0 Å². The molecule has 0 amide bonds. The standard InChI is InChI=1S/C10H13NOS3/c1-6-7(2)14-9(5-13-6)10-11-3-8(4-12)15-10/h3-4,6-7,9H,5H2,1-2H3. The molecule has 0 radical (unpaired) electrons. The zero-order chi connectivity index (χ0) is 10.8. The molecule has 3 atom stereocenters. The highest BCUT2D eigenvalue weighted by atomic mass is 32.2. The molecule has 0 saturated carbocycles.